The normalized spacial score (nSPS) is 15.4. The van der Waals surface area contributed by atoms with E-state index in [4.69, 9.17) is 10.5 Å². The molecule has 3 aromatic rings. The van der Waals surface area contributed by atoms with Crippen LogP contribution in [0.25, 0.3) is 0 Å². The van der Waals surface area contributed by atoms with Crippen LogP contribution in [0.15, 0.2) is 48.8 Å². The number of primary amides is 1. The van der Waals surface area contributed by atoms with Crippen LogP contribution < -0.4 is 11.1 Å². The second-order valence-corrected chi connectivity index (χ2v) is 10.9. The molecule has 220 valence electrons. The van der Waals surface area contributed by atoms with E-state index in [9.17, 15) is 22.8 Å². The number of rotatable bonds is 5. The van der Waals surface area contributed by atoms with Gasteiger partial charge in [-0.2, -0.15) is 13.2 Å². The van der Waals surface area contributed by atoms with Gasteiger partial charge in [-0.15, -0.1) is 0 Å². The van der Waals surface area contributed by atoms with Gasteiger partial charge in [-0.3, -0.25) is 4.79 Å². The van der Waals surface area contributed by atoms with Crippen molar-refractivity contribution in [3.63, 3.8) is 0 Å². The molecule has 42 heavy (non-hydrogen) atoms. The number of halogens is 3. The lowest BCUT2D eigenvalue weighted by Crippen LogP contribution is -2.42. The molecule has 2 aromatic heterocycles. The predicted octanol–water partition coefficient (Wildman–Crippen LogP) is 5.18. The molecule has 1 aliphatic rings. The van der Waals surface area contributed by atoms with Gasteiger partial charge in [0.25, 0.3) is 0 Å². The fourth-order valence-corrected chi connectivity index (χ4v) is 4.45. The number of anilines is 2. The van der Waals surface area contributed by atoms with Gasteiger partial charge in [0, 0.05) is 37.1 Å². The van der Waals surface area contributed by atoms with Crippen LogP contribution in [0.4, 0.5) is 29.6 Å². The Morgan fingerprint density at radius 1 is 1.10 bits per heavy atom. The summed E-state index contributed by atoms with van der Waals surface area (Å²) in [7, 11) is 0. The summed E-state index contributed by atoms with van der Waals surface area (Å²) in [6, 6.07) is 10.5. The van der Waals surface area contributed by atoms with E-state index >= 15 is 0 Å². The quantitative estimate of drug-likeness (QED) is 0.399. The van der Waals surface area contributed by atoms with E-state index in [0.717, 1.165) is 18.4 Å². The van der Waals surface area contributed by atoms with Crippen LogP contribution >= 0.6 is 0 Å². The first-order valence-corrected chi connectivity index (χ1v) is 13.3. The molecule has 1 saturated heterocycles. The zero-order valence-electron chi connectivity index (χ0n) is 23.5. The molecule has 0 saturated carbocycles. The average Bonchev–Trinajstić information content (AvgIpc) is 2.91. The summed E-state index contributed by atoms with van der Waals surface area (Å²) in [4.78, 5) is 37.5. The maximum absolute atomic E-state index is 13.7. The molecule has 1 aliphatic heterocycles. The Morgan fingerprint density at radius 3 is 2.48 bits per heavy atom. The van der Waals surface area contributed by atoms with E-state index in [1.54, 1.807) is 29.2 Å². The van der Waals surface area contributed by atoms with E-state index in [-0.39, 0.29) is 30.1 Å². The number of amides is 2. The van der Waals surface area contributed by atoms with Gasteiger partial charge in [0.1, 0.15) is 22.6 Å². The number of carbonyl (C=O) groups is 2. The van der Waals surface area contributed by atoms with Crippen molar-refractivity contribution in [2.75, 3.05) is 18.4 Å². The van der Waals surface area contributed by atoms with E-state index in [0.29, 0.717) is 30.5 Å². The molecule has 0 radical (unpaired) electrons. The van der Waals surface area contributed by atoms with Crippen molar-refractivity contribution in [2.24, 2.45) is 5.73 Å². The number of pyridine rings is 1. The first-order chi connectivity index (χ1) is 19.8. The molecule has 1 atom stereocenters. The Morgan fingerprint density at radius 2 is 1.81 bits per heavy atom. The Labute approximate surface area is 241 Å². The molecule has 3 heterocycles. The number of alkyl halides is 3. The molecular formula is C30H31F3N6O3. The van der Waals surface area contributed by atoms with Gasteiger partial charge >= 0.3 is 12.3 Å². The van der Waals surface area contributed by atoms with Crippen molar-refractivity contribution in [1.29, 1.82) is 0 Å². The number of likely N-dealkylation sites (tertiary alicyclic amines) is 1. The van der Waals surface area contributed by atoms with Crippen LogP contribution in [0.1, 0.15) is 67.6 Å². The lowest BCUT2D eigenvalue weighted by Gasteiger charge is -2.34. The summed E-state index contributed by atoms with van der Waals surface area (Å²) in [5.74, 6) is 4.44. The molecule has 3 N–H and O–H groups in total. The minimum atomic E-state index is -4.74. The van der Waals surface area contributed by atoms with Gasteiger partial charge in [-0.05, 0) is 74.8 Å². The number of hydrogen-bond donors (Lipinski definition) is 2. The topological polar surface area (TPSA) is 123 Å². The van der Waals surface area contributed by atoms with Crippen molar-refractivity contribution in [2.45, 2.75) is 57.7 Å². The van der Waals surface area contributed by atoms with Crippen LogP contribution in [0.5, 0.6) is 0 Å². The Balaban J connectivity index is 1.52. The summed E-state index contributed by atoms with van der Waals surface area (Å²) < 4.78 is 46.6. The highest BCUT2D eigenvalue weighted by atomic mass is 19.4. The van der Waals surface area contributed by atoms with E-state index in [1.165, 1.54) is 6.20 Å². The molecule has 9 nitrogen and oxygen atoms in total. The molecule has 0 aliphatic carbocycles. The Kier molecular flexibility index (Phi) is 8.99. The largest absolute Gasteiger partial charge is 0.444 e. The zero-order valence-corrected chi connectivity index (χ0v) is 23.5. The van der Waals surface area contributed by atoms with Crippen molar-refractivity contribution in [3.8, 4) is 11.8 Å². The number of nitrogens with one attached hydrogen (secondary N) is 1. The number of piperidine rings is 1. The van der Waals surface area contributed by atoms with Gasteiger partial charge < -0.3 is 20.7 Å². The highest BCUT2D eigenvalue weighted by molar-refractivity contribution is 5.77. The second-order valence-electron chi connectivity index (χ2n) is 10.9. The van der Waals surface area contributed by atoms with Crippen molar-refractivity contribution in [1.82, 2.24) is 19.9 Å². The molecule has 0 spiro atoms. The van der Waals surface area contributed by atoms with Gasteiger partial charge in [0.2, 0.25) is 11.9 Å². The number of benzene rings is 1. The lowest BCUT2D eigenvalue weighted by molar-refractivity contribution is -0.138. The minimum absolute atomic E-state index is 0.0767. The van der Waals surface area contributed by atoms with Gasteiger partial charge in [0.05, 0.1) is 6.42 Å². The number of nitrogens with two attached hydrogens (primary N) is 1. The third-order valence-corrected chi connectivity index (χ3v) is 6.36. The van der Waals surface area contributed by atoms with Gasteiger partial charge in [0.15, 0.2) is 0 Å². The summed E-state index contributed by atoms with van der Waals surface area (Å²) in [6.45, 7) is 6.65. The SMILES string of the molecule is CC(C)(C)OC(=O)N1CCCC(c2ccc(Nc3ncc(C(F)(F)F)c(C#Cc4ncccc4CC(N)=O)n3)cc2)C1. The summed E-state index contributed by atoms with van der Waals surface area (Å²) in [5, 5.41) is 2.92. The molecular weight excluding hydrogens is 549 g/mol. The number of carbonyl (C=O) groups excluding carboxylic acids is 2. The molecule has 12 heteroatoms. The maximum Gasteiger partial charge on any atom is 0.420 e. The maximum atomic E-state index is 13.7. The number of aromatic nitrogens is 3. The van der Waals surface area contributed by atoms with Crippen LogP contribution in [-0.4, -0.2) is 50.5 Å². The monoisotopic (exact) mass is 580 g/mol. The molecule has 1 fully saturated rings. The van der Waals surface area contributed by atoms with Crippen LogP contribution in [0.3, 0.4) is 0 Å². The van der Waals surface area contributed by atoms with Crippen LogP contribution in [-0.2, 0) is 22.1 Å². The number of hydrogen-bond acceptors (Lipinski definition) is 7. The van der Waals surface area contributed by atoms with Crippen molar-refractivity contribution in [3.05, 3.63) is 76.9 Å². The fourth-order valence-electron chi connectivity index (χ4n) is 4.45. The molecule has 1 aromatic carbocycles. The third-order valence-electron chi connectivity index (χ3n) is 6.36. The zero-order chi connectivity index (χ0) is 30.5. The second kappa shape index (κ2) is 12.5. The average molecular weight is 581 g/mol. The summed E-state index contributed by atoms with van der Waals surface area (Å²) >= 11 is 0. The predicted molar refractivity (Wildman–Crippen MR) is 150 cm³/mol. The molecule has 4 rings (SSSR count). The standard InChI is InChI=1S/C30H31F3N6O3/c1-29(2,3)42-28(41)39-15-5-7-21(18-39)19-8-10-22(11-9-19)37-27-36-17-23(30(31,32)33)25(38-27)13-12-24-20(16-26(34)40)6-4-14-35-24/h4,6,8-11,14,17,21H,5,7,15-16,18H2,1-3H3,(H2,34,40)(H,36,37,38). The van der Waals surface area contributed by atoms with E-state index in [1.807, 2.05) is 32.9 Å². The van der Waals surface area contributed by atoms with Crippen LogP contribution in [0, 0.1) is 11.8 Å². The van der Waals surface area contributed by atoms with Gasteiger partial charge in [-0.25, -0.2) is 19.7 Å². The van der Waals surface area contributed by atoms with Crippen molar-refractivity contribution >= 4 is 23.6 Å². The fraction of sp³-hybridized carbons (Fsp3) is 0.367. The lowest BCUT2D eigenvalue weighted by atomic mass is 9.90. The first kappa shape index (κ1) is 30.3. The highest BCUT2D eigenvalue weighted by Crippen LogP contribution is 2.32. The molecule has 2 amide bonds. The summed E-state index contributed by atoms with van der Waals surface area (Å²) in [6.07, 6.45) is -1.39. The smallest absolute Gasteiger partial charge is 0.420 e. The Bertz CT molecular complexity index is 1510. The Hall–Kier alpha value is -4.66. The number of ether oxygens (including phenoxy) is 1. The summed E-state index contributed by atoms with van der Waals surface area (Å²) in [5.41, 5.74) is 5.14. The van der Waals surface area contributed by atoms with Crippen molar-refractivity contribution < 1.29 is 27.5 Å². The highest BCUT2D eigenvalue weighted by Gasteiger charge is 2.35. The van der Waals surface area contributed by atoms with Gasteiger partial charge in [-0.1, -0.05) is 18.2 Å². The first-order valence-electron chi connectivity index (χ1n) is 13.3. The molecule has 1 unspecified atom stereocenters. The van der Waals surface area contributed by atoms with E-state index < -0.39 is 28.9 Å². The third kappa shape index (κ3) is 8.19. The van der Waals surface area contributed by atoms with E-state index in [2.05, 4.69) is 32.1 Å². The number of nitrogens with zero attached hydrogens (tertiary/aromatic N) is 4. The van der Waals surface area contributed by atoms with Crippen LogP contribution in [0.2, 0.25) is 0 Å². The minimum Gasteiger partial charge on any atom is -0.444 e. The molecule has 0 bridgehead atoms.